The van der Waals surface area contributed by atoms with Gasteiger partial charge in [0.05, 0.1) is 5.75 Å². The molecule has 0 spiro atoms. The molecule has 0 N–H and O–H groups in total. The van der Waals surface area contributed by atoms with E-state index in [4.69, 9.17) is 0 Å². The number of Topliss-reactive ketones (excluding diaryl/α,β-unsaturated/α-hetero) is 1. The largest absolute Gasteiger partial charge is 0.348 e. The number of hydrogen-bond acceptors (Lipinski definition) is 5. The van der Waals surface area contributed by atoms with E-state index < -0.39 is 0 Å². The van der Waals surface area contributed by atoms with Gasteiger partial charge in [0, 0.05) is 48.5 Å². The summed E-state index contributed by atoms with van der Waals surface area (Å²) in [6, 6.07) is 5.84. The van der Waals surface area contributed by atoms with Crippen molar-refractivity contribution in [3.8, 4) is 11.4 Å². The molecule has 4 rings (SSSR count). The number of carbonyl (C=O) groups is 1. The van der Waals surface area contributed by atoms with Crippen LogP contribution in [0.2, 0.25) is 0 Å². The van der Waals surface area contributed by atoms with Gasteiger partial charge in [0.15, 0.2) is 16.8 Å². The Morgan fingerprint density at radius 3 is 2.71 bits per heavy atom. The molecule has 1 aliphatic carbocycles. The molecule has 0 aromatic carbocycles. The maximum atomic E-state index is 13.0. The number of thioether (sulfide) groups is 1. The van der Waals surface area contributed by atoms with Gasteiger partial charge in [0.25, 0.3) is 0 Å². The van der Waals surface area contributed by atoms with Crippen molar-refractivity contribution in [3.63, 3.8) is 0 Å². The van der Waals surface area contributed by atoms with E-state index in [0.29, 0.717) is 5.75 Å². The fourth-order valence-corrected chi connectivity index (χ4v) is 5.01. The van der Waals surface area contributed by atoms with Crippen molar-refractivity contribution < 1.29 is 4.79 Å². The minimum Gasteiger partial charge on any atom is -0.348 e. The van der Waals surface area contributed by atoms with Crippen LogP contribution in [-0.4, -0.2) is 35.9 Å². The Kier molecular flexibility index (Phi) is 6.70. The van der Waals surface area contributed by atoms with Gasteiger partial charge in [-0.1, -0.05) is 23.4 Å². The first-order chi connectivity index (χ1) is 15.0. The molecule has 0 aliphatic heterocycles. The van der Waals surface area contributed by atoms with Crippen LogP contribution >= 0.6 is 11.8 Å². The maximum absolute atomic E-state index is 13.0. The van der Waals surface area contributed by atoms with Crippen LogP contribution in [0.25, 0.3) is 11.4 Å². The first kappa shape index (κ1) is 21.6. The van der Waals surface area contributed by atoms with Crippen LogP contribution < -0.4 is 0 Å². The molecular weight excluding hydrogens is 406 g/mol. The fourth-order valence-electron chi connectivity index (χ4n) is 4.22. The molecule has 31 heavy (non-hydrogen) atoms. The number of allylic oxidation sites excluding steroid dienone is 2. The normalized spacial score (nSPS) is 14.0. The number of aryl methyl sites for hydroxylation is 1. The van der Waals surface area contributed by atoms with Crippen LogP contribution in [-0.2, 0) is 13.6 Å². The summed E-state index contributed by atoms with van der Waals surface area (Å²) >= 11 is 1.43. The van der Waals surface area contributed by atoms with Crippen molar-refractivity contribution in [1.29, 1.82) is 0 Å². The molecule has 3 aromatic rings. The number of carbonyl (C=O) groups excluding carboxylic acids is 1. The predicted octanol–water partition coefficient (Wildman–Crippen LogP) is 5.16. The SMILES string of the molecule is Cc1cc(C(=O)CSc2nnc(-c3ccncc3)n2C)c(C)n1CCC1=CCCCC1. The highest BCUT2D eigenvalue weighted by Gasteiger charge is 2.18. The summed E-state index contributed by atoms with van der Waals surface area (Å²) < 4.78 is 4.21. The number of hydrogen-bond donors (Lipinski definition) is 0. The molecule has 162 valence electrons. The van der Waals surface area contributed by atoms with Gasteiger partial charge in [0.2, 0.25) is 0 Å². The van der Waals surface area contributed by atoms with Gasteiger partial charge in [-0.2, -0.15) is 0 Å². The third-order valence-corrected chi connectivity index (χ3v) is 7.04. The van der Waals surface area contributed by atoms with Gasteiger partial charge in [-0.15, -0.1) is 10.2 Å². The van der Waals surface area contributed by atoms with Gasteiger partial charge >= 0.3 is 0 Å². The molecule has 3 heterocycles. The van der Waals surface area contributed by atoms with Crippen molar-refractivity contribution in [2.75, 3.05) is 5.75 Å². The van der Waals surface area contributed by atoms with Crippen molar-refractivity contribution in [3.05, 3.63) is 59.2 Å². The van der Waals surface area contributed by atoms with E-state index in [2.05, 4.69) is 39.7 Å². The molecule has 0 radical (unpaired) electrons. The summed E-state index contributed by atoms with van der Waals surface area (Å²) in [6.07, 6.45) is 12.0. The number of rotatable bonds is 8. The molecule has 0 atom stereocenters. The van der Waals surface area contributed by atoms with E-state index in [1.807, 2.05) is 29.8 Å². The summed E-state index contributed by atoms with van der Waals surface area (Å²) in [4.78, 5) is 17.0. The topological polar surface area (TPSA) is 65.6 Å². The van der Waals surface area contributed by atoms with E-state index in [1.165, 1.54) is 37.4 Å². The molecule has 0 bridgehead atoms. The molecule has 0 saturated heterocycles. The van der Waals surface area contributed by atoms with Crippen molar-refractivity contribution in [2.24, 2.45) is 7.05 Å². The Morgan fingerprint density at radius 2 is 1.97 bits per heavy atom. The molecule has 7 heteroatoms. The summed E-state index contributed by atoms with van der Waals surface area (Å²) in [5.41, 5.74) is 5.56. The van der Waals surface area contributed by atoms with Crippen LogP contribution in [0.5, 0.6) is 0 Å². The average Bonchev–Trinajstić information content (AvgIpc) is 3.30. The zero-order valence-corrected chi connectivity index (χ0v) is 19.3. The smallest absolute Gasteiger partial charge is 0.191 e. The van der Waals surface area contributed by atoms with Gasteiger partial charge in [-0.05, 0) is 64.2 Å². The van der Waals surface area contributed by atoms with Crippen molar-refractivity contribution in [2.45, 2.75) is 57.7 Å². The minimum absolute atomic E-state index is 0.134. The number of ketones is 1. The highest BCUT2D eigenvalue weighted by Crippen LogP contribution is 2.26. The Bertz CT molecular complexity index is 1100. The molecule has 0 fully saturated rings. The lowest BCUT2D eigenvalue weighted by Gasteiger charge is -2.15. The van der Waals surface area contributed by atoms with Crippen LogP contribution in [0.4, 0.5) is 0 Å². The van der Waals surface area contributed by atoms with Crippen molar-refractivity contribution in [1.82, 2.24) is 24.3 Å². The highest BCUT2D eigenvalue weighted by atomic mass is 32.2. The summed E-state index contributed by atoms with van der Waals surface area (Å²) in [5.74, 6) is 1.25. The van der Waals surface area contributed by atoms with Crippen molar-refractivity contribution >= 4 is 17.5 Å². The van der Waals surface area contributed by atoms with Crippen LogP contribution in [0.15, 0.2) is 47.4 Å². The van der Waals surface area contributed by atoms with Crippen LogP contribution in [0.1, 0.15) is 53.8 Å². The first-order valence-electron chi connectivity index (χ1n) is 10.8. The first-order valence-corrected chi connectivity index (χ1v) is 11.8. The maximum Gasteiger partial charge on any atom is 0.191 e. The summed E-state index contributed by atoms with van der Waals surface area (Å²) in [6.45, 7) is 5.10. The molecule has 1 aliphatic rings. The third-order valence-electron chi connectivity index (χ3n) is 6.02. The van der Waals surface area contributed by atoms with Gasteiger partial charge in [-0.3, -0.25) is 9.78 Å². The monoisotopic (exact) mass is 435 g/mol. The molecule has 0 amide bonds. The van der Waals surface area contributed by atoms with Crippen LogP contribution in [0, 0.1) is 13.8 Å². The second-order valence-corrected chi connectivity index (χ2v) is 9.05. The van der Waals surface area contributed by atoms with Crippen LogP contribution in [0.3, 0.4) is 0 Å². The highest BCUT2D eigenvalue weighted by molar-refractivity contribution is 7.99. The molecule has 0 saturated carbocycles. The Morgan fingerprint density at radius 1 is 1.16 bits per heavy atom. The number of nitrogens with zero attached hydrogens (tertiary/aromatic N) is 5. The lowest BCUT2D eigenvalue weighted by Crippen LogP contribution is -2.08. The Balaban J connectivity index is 1.41. The van der Waals surface area contributed by atoms with Gasteiger partial charge in [-0.25, -0.2) is 0 Å². The molecule has 0 unspecified atom stereocenters. The summed E-state index contributed by atoms with van der Waals surface area (Å²) in [7, 11) is 1.92. The minimum atomic E-state index is 0.134. The molecule has 3 aromatic heterocycles. The average molecular weight is 436 g/mol. The van der Waals surface area contributed by atoms with E-state index >= 15 is 0 Å². The fraction of sp³-hybridized carbons (Fsp3) is 0.417. The van der Waals surface area contributed by atoms with E-state index in [9.17, 15) is 4.79 Å². The quantitative estimate of drug-likeness (QED) is 0.278. The zero-order chi connectivity index (χ0) is 21.8. The molecular formula is C24H29N5OS. The van der Waals surface area contributed by atoms with Gasteiger partial charge in [0.1, 0.15) is 0 Å². The predicted molar refractivity (Wildman–Crippen MR) is 124 cm³/mol. The molecule has 6 nitrogen and oxygen atoms in total. The van der Waals surface area contributed by atoms with E-state index in [1.54, 1.807) is 18.0 Å². The lowest BCUT2D eigenvalue weighted by atomic mass is 9.97. The zero-order valence-electron chi connectivity index (χ0n) is 18.5. The standard InChI is InChI=1S/C24H29N5OS/c1-17-15-21(18(2)29(17)14-11-19-7-5-4-6-8-19)22(30)16-31-24-27-26-23(28(24)3)20-9-12-25-13-10-20/h7,9-10,12-13,15H,4-6,8,11,14,16H2,1-3H3. The number of aromatic nitrogens is 5. The second kappa shape index (κ2) is 9.64. The summed E-state index contributed by atoms with van der Waals surface area (Å²) in [5, 5.41) is 9.30. The van der Waals surface area contributed by atoms with E-state index in [-0.39, 0.29) is 5.78 Å². The lowest BCUT2D eigenvalue weighted by molar-refractivity contribution is 0.102. The van der Waals surface area contributed by atoms with E-state index in [0.717, 1.165) is 46.5 Å². The number of pyridine rings is 1. The third kappa shape index (κ3) is 4.82. The Labute approximate surface area is 187 Å². The van der Waals surface area contributed by atoms with Gasteiger partial charge < -0.3 is 9.13 Å². The second-order valence-electron chi connectivity index (χ2n) is 8.11. The Hall–Kier alpha value is -2.67.